The van der Waals surface area contributed by atoms with Gasteiger partial charge in [-0.15, -0.1) is 0 Å². The summed E-state index contributed by atoms with van der Waals surface area (Å²) in [7, 11) is -3.73. The first kappa shape index (κ1) is 32.6. The Hall–Kier alpha value is -1.87. The maximum absolute atomic E-state index is 12.3. The first-order chi connectivity index (χ1) is 18.4. The highest BCUT2D eigenvalue weighted by Crippen LogP contribution is 2.42. The number of rotatable bonds is 6. The van der Waals surface area contributed by atoms with Crippen LogP contribution in [0.4, 0.5) is 0 Å². The Balaban J connectivity index is 0.000000220. The van der Waals surface area contributed by atoms with Gasteiger partial charge in [0.15, 0.2) is 28.2 Å². The fourth-order valence-corrected chi connectivity index (χ4v) is 7.53. The molecule has 220 valence electrons. The molecule has 0 bridgehead atoms. The summed E-state index contributed by atoms with van der Waals surface area (Å²) in [5.41, 5.74) is 2.53. The van der Waals surface area contributed by atoms with E-state index in [-0.39, 0.29) is 33.9 Å². The Morgan fingerprint density at radius 3 is 1.15 bits per heavy atom. The minimum atomic E-state index is -1.86. The predicted octanol–water partition coefficient (Wildman–Crippen LogP) is 9.05. The molecule has 2 aromatic rings. The highest BCUT2D eigenvalue weighted by molar-refractivity contribution is 6.74. The molecular formula is C34H52O4Si2. The van der Waals surface area contributed by atoms with E-state index in [1.165, 1.54) is 11.1 Å². The third-order valence-corrected chi connectivity index (χ3v) is 18.6. The van der Waals surface area contributed by atoms with Gasteiger partial charge in [0.1, 0.15) is 12.2 Å². The van der Waals surface area contributed by atoms with Gasteiger partial charge in [-0.1, -0.05) is 102 Å². The average molecular weight is 581 g/mol. The highest BCUT2D eigenvalue weighted by atomic mass is 28.4. The molecule has 4 atom stereocenters. The molecule has 40 heavy (non-hydrogen) atoms. The quantitative estimate of drug-likeness (QED) is 0.320. The number of benzene rings is 2. The maximum atomic E-state index is 12.3. The Morgan fingerprint density at radius 1 is 0.575 bits per heavy atom. The largest absolute Gasteiger partial charge is 0.407 e. The molecule has 2 aliphatic carbocycles. The van der Waals surface area contributed by atoms with Crippen molar-refractivity contribution in [2.45, 2.75) is 128 Å². The molecule has 0 amide bonds. The zero-order chi connectivity index (χ0) is 29.9. The SMILES string of the molecule is CC(C)(C)[Si](C)(C)O[C@@H]1CC(c2ccccc2)CC1=O.CC(C)(C)[Si](C)(C)O[C@H]1CC(c2ccccc2)CC1=O. The number of carbonyl (C=O) groups is 2. The molecule has 0 radical (unpaired) electrons. The third kappa shape index (κ3) is 8.12. The van der Waals surface area contributed by atoms with E-state index >= 15 is 0 Å². The van der Waals surface area contributed by atoms with Gasteiger partial charge in [-0.25, -0.2) is 0 Å². The number of hydrogen-bond acceptors (Lipinski definition) is 4. The summed E-state index contributed by atoms with van der Waals surface area (Å²) in [5.74, 6) is 1.23. The van der Waals surface area contributed by atoms with Crippen LogP contribution in [0.2, 0.25) is 36.3 Å². The molecular weight excluding hydrogens is 529 g/mol. The second kappa shape index (κ2) is 12.6. The number of hydrogen-bond donors (Lipinski definition) is 0. The second-order valence-corrected chi connectivity index (χ2v) is 24.3. The van der Waals surface area contributed by atoms with Crippen LogP contribution >= 0.6 is 0 Å². The van der Waals surface area contributed by atoms with Crippen LogP contribution in [0.3, 0.4) is 0 Å². The summed E-state index contributed by atoms with van der Waals surface area (Å²) >= 11 is 0. The molecule has 0 N–H and O–H groups in total. The standard InChI is InChI=1S/2C17H26O2Si/c2*1-17(2,3)20(4,5)19-16-12-14(11-15(16)18)13-9-7-6-8-10-13/h2*6-10,14,16H,11-12H2,1-5H3/t2*14?,16-/m10/s1. The third-order valence-electron chi connectivity index (χ3n) is 9.64. The van der Waals surface area contributed by atoms with Crippen LogP contribution in [0.1, 0.15) is 90.2 Å². The van der Waals surface area contributed by atoms with E-state index in [9.17, 15) is 9.59 Å². The van der Waals surface area contributed by atoms with Gasteiger partial charge in [-0.05, 0) is 72.1 Å². The minimum absolute atomic E-state index is 0.151. The zero-order valence-corrected chi connectivity index (χ0v) is 28.5. The summed E-state index contributed by atoms with van der Waals surface area (Å²) in [6.45, 7) is 22.2. The van der Waals surface area contributed by atoms with Gasteiger partial charge >= 0.3 is 0 Å². The number of Topliss-reactive ketones (excluding diaryl/α,β-unsaturated/α-hetero) is 2. The molecule has 0 spiro atoms. The molecule has 0 heterocycles. The van der Waals surface area contributed by atoms with E-state index in [2.05, 4.69) is 92.0 Å². The van der Waals surface area contributed by atoms with Gasteiger partial charge in [0, 0.05) is 12.8 Å². The molecule has 2 aliphatic rings. The molecule has 4 rings (SSSR count). The van der Waals surface area contributed by atoms with Crippen molar-refractivity contribution >= 4 is 28.2 Å². The molecule has 0 aliphatic heterocycles. The first-order valence-electron chi connectivity index (χ1n) is 14.9. The van der Waals surface area contributed by atoms with Gasteiger partial charge in [0.05, 0.1) is 0 Å². The summed E-state index contributed by atoms with van der Waals surface area (Å²) in [5, 5.41) is 0.302. The van der Waals surface area contributed by atoms with Crippen LogP contribution in [-0.4, -0.2) is 40.4 Å². The molecule has 2 fully saturated rings. The zero-order valence-electron chi connectivity index (χ0n) is 26.5. The van der Waals surface area contributed by atoms with Crippen LogP contribution < -0.4 is 0 Å². The van der Waals surface area contributed by atoms with Crippen LogP contribution in [0.25, 0.3) is 0 Å². The topological polar surface area (TPSA) is 52.6 Å². The van der Waals surface area contributed by atoms with Gasteiger partial charge < -0.3 is 8.85 Å². The number of carbonyl (C=O) groups excluding carboxylic acids is 2. The van der Waals surface area contributed by atoms with E-state index < -0.39 is 16.6 Å². The van der Waals surface area contributed by atoms with Crippen molar-refractivity contribution in [3.8, 4) is 0 Å². The van der Waals surface area contributed by atoms with Gasteiger partial charge in [-0.3, -0.25) is 9.59 Å². The lowest BCUT2D eigenvalue weighted by atomic mass is 9.98. The molecule has 2 aromatic carbocycles. The van der Waals surface area contributed by atoms with E-state index in [1.54, 1.807) is 0 Å². The normalized spacial score (nSPS) is 24.1. The smallest absolute Gasteiger partial charge is 0.193 e. The highest BCUT2D eigenvalue weighted by Gasteiger charge is 2.45. The van der Waals surface area contributed by atoms with Crippen molar-refractivity contribution in [3.63, 3.8) is 0 Å². The minimum Gasteiger partial charge on any atom is -0.407 e. The Kier molecular flexibility index (Phi) is 10.2. The van der Waals surface area contributed by atoms with Gasteiger partial charge in [-0.2, -0.15) is 0 Å². The van der Waals surface area contributed by atoms with E-state index in [0.29, 0.717) is 24.7 Å². The summed E-state index contributed by atoms with van der Waals surface area (Å²) in [6.07, 6.45) is 2.55. The lowest BCUT2D eigenvalue weighted by Crippen LogP contribution is -2.44. The van der Waals surface area contributed by atoms with Crippen molar-refractivity contribution in [2.75, 3.05) is 0 Å². The average Bonchev–Trinajstić information content (AvgIpc) is 3.40. The Morgan fingerprint density at radius 2 is 0.875 bits per heavy atom. The van der Waals surface area contributed by atoms with Crippen LogP contribution in [-0.2, 0) is 18.4 Å². The van der Waals surface area contributed by atoms with Gasteiger partial charge in [0.25, 0.3) is 0 Å². The van der Waals surface area contributed by atoms with Gasteiger partial charge in [0.2, 0.25) is 0 Å². The molecule has 2 saturated carbocycles. The number of ketones is 2. The maximum Gasteiger partial charge on any atom is 0.193 e. The molecule has 4 nitrogen and oxygen atoms in total. The fourth-order valence-electron chi connectivity index (χ4n) is 4.95. The van der Waals surface area contributed by atoms with Crippen molar-refractivity contribution in [2.24, 2.45) is 0 Å². The molecule has 6 heteroatoms. The van der Waals surface area contributed by atoms with Crippen molar-refractivity contribution in [3.05, 3.63) is 71.8 Å². The summed E-state index contributed by atoms with van der Waals surface area (Å²) < 4.78 is 12.6. The van der Waals surface area contributed by atoms with Crippen molar-refractivity contribution < 1.29 is 18.4 Å². The lowest BCUT2D eigenvalue weighted by molar-refractivity contribution is -0.124. The van der Waals surface area contributed by atoms with Crippen LogP contribution in [0.5, 0.6) is 0 Å². The van der Waals surface area contributed by atoms with Crippen LogP contribution in [0.15, 0.2) is 60.7 Å². The monoisotopic (exact) mass is 580 g/mol. The Bertz CT molecular complexity index is 1040. The molecule has 0 aromatic heterocycles. The summed E-state index contributed by atoms with van der Waals surface area (Å²) in [4.78, 5) is 24.5. The summed E-state index contributed by atoms with van der Waals surface area (Å²) in [6, 6.07) is 20.7. The molecule has 0 saturated heterocycles. The van der Waals surface area contributed by atoms with E-state index in [4.69, 9.17) is 8.85 Å². The van der Waals surface area contributed by atoms with Crippen LogP contribution in [0, 0.1) is 0 Å². The Labute approximate surface area is 245 Å². The first-order valence-corrected chi connectivity index (χ1v) is 20.7. The van der Waals surface area contributed by atoms with E-state index in [0.717, 1.165) is 12.8 Å². The molecule has 2 unspecified atom stereocenters. The van der Waals surface area contributed by atoms with Crippen molar-refractivity contribution in [1.29, 1.82) is 0 Å². The fraction of sp³-hybridized carbons (Fsp3) is 0.588. The van der Waals surface area contributed by atoms with Crippen molar-refractivity contribution in [1.82, 2.24) is 0 Å². The lowest BCUT2D eigenvalue weighted by Gasteiger charge is -2.38. The predicted molar refractivity (Wildman–Crippen MR) is 171 cm³/mol. The van der Waals surface area contributed by atoms with E-state index in [1.807, 2.05) is 36.4 Å². The second-order valence-electron chi connectivity index (χ2n) is 14.8.